The predicted molar refractivity (Wildman–Crippen MR) is 109 cm³/mol. The summed E-state index contributed by atoms with van der Waals surface area (Å²) >= 11 is 7.89. The number of benzene rings is 1. The summed E-state index contributed by atoms with van der Waals surface area (Å²) < 4.78 is 0. The molecule has 4 rings (SSSR count). The van der Waals surface area contributed by atoms with Crippen LogP contribution in [0.3, 0.4) is 0 Å². The van der Waals surface area contributed by atoms with Crippen LogP contribution >= 0.6 is 23.4 Å². The van der Waals surface area contributed by atoms with Crippen LogP contribution in [-0.4, -0.2) is 34.1 Å². The number of nitrogens with zero attached hydrogens (tertiary/aromatic N) is 2. The van der Waals surface area contributed by atoms with Crippen molar-refractivity contribution in [2.24, 2.45) is 0 Å². The second-order valence-corrected chi connectivity index (χ2v) is 8.88. The number of piperidine rings is 1. The Morgan fingerprint density at radius 2 is 2.12 bits per heavy atom. The van der Waals surface area contributed by atoms with Crippen LogP contribution in [0.2, 0.25) is 5.02 Å². The first-order chi connectivity index (χ1) is 12.6. The molecule has 1 fully saturated rings. The molecule has 1 aromatic heterocycles. The van der Waals surface area contributed by atoms with Crippen molar-refractivity contribution >= 4 is 40.2 Å². The van der Waals surface area contributed by atoms with Gasteiger partial charge in [0, 0.05) is 33.6 Å². The van der Waals surface area contributed by atoms with Crippen molar-refractivity contribution < 1.29 is 4.79 Å². The highest BCUT2D eigenvalue weighted by molar-refractivity contribution is 8.00. The molecule has 2 aliphatic rings. The number of halogens is 1. The van der Waals surface area contributed by atoms with Gasteiger partial charge in [0.15, 0.2) is 0 Å². The third-order valence-corrected chi connectivity index (χ3v) is 7.02. The van der Waals surface area contributed by atoms with Gasteiger partial charge in [-0.15, -0.1) is 11.8 Å². The molecule has 0 N–H and O–H groups in total. The van der Waals surface area contributed by atoms with E-state index in [0.29, 0.717) is 11.8 Å². The van der Waals surface area contributed by atoms with E-state index < -0.39 is 0 Å². The van der Waals surface area contributed by atoms with Gasteiger partial charge in [-0.05, 0) is 69.6 Å². The maximum absolute atomic E-state index is 12.8. The van der Waals surface area contributed by atoms with Crippen molar-refractivity contribution in [1.29, 1.82) is 0 Å². The summed E-state index contributed by atoms with van der Waals surface area (Å²) in [6.07, 6.45) is 8.00. The fraction of sp³-hybridized carbons (Fsp3) is 0.524. The lowest BCUT2D eigenvalue weighted by Gasteiger charge is -2.33. The highest BCUT2D eigenvalue weighted by Gasteiger charge is 2.24. The van der Waals surface area contributed by atoms with Gasteiger partial charge in [0.2, 0.25) is 5.91 Å². The van der Waals surface area contributed by atoms with Crippen LogP contribution in [0.1, 0.15) is 50.3 Å². The Hall–Kier alpha value is -1.26. The molecule has 26 heavy (non-hydrogen) atoms. The Bertz CT molecular complexity index is 838. The van der Waals surface area contributed by atoms with E-state index in [-0.39, 0.29) is 5.91 Å². The van der Waals surface area contributed by atoms with Crippen molar-refractivity contribution in [2.75, 3.05) is 12.3 Å². The van der Waals surface area contributed by atoms with Gasteiger partial charge in [0.05, 0.1) is 11.3 Å². The molecule has 1 atom stereocenters. The fourth-order valence-electron chi connectivity index (χ4n) is 4.20. The molecule has 3 nitrogen and oxygen atoms in total. The number of rotatable bonds is 3. The van der Waals surface area contributed by atoms with Gasteiger partial charge in [-0.2, -0.15) is 0 Å². The van der Waals surface area contributed by atoms with Crippen molar-refractivity contribution in [3.05, 3.63) is 34.5 Å². The Morgan fingerprint density at radius 1 is 1.27 bits per heavy atom. The molecule has 0 radical (unpaired) electrons. The first-order valence-corrected chi connectivity index (χ1v) is 11.0. The Morgan fingerprint density at radius 3 is 2.96 bits per heavy atom. The van der Waals surface area contributed by atoms with Crippen LogP contribution in [0.5, 0.6) is 0 Å². The molecule has 138 valence electrons. The molecule has 2 heterocycles. The summed E-state index contributed by atoms with van der Waals surface area (Å²) in [6, 6.07) is 6.32. The van der Waals surface area contributed by atoms with Gasteiger partial charge in [-0.25, -0.2) is 0 Å². The third kappa shape index (κ3) is 3.59. The zero-order chi connectivity index (χ0) is 18.1. The number of aromatic nitrogens is 1. The third-order valence-electron chi connectivity index (χ3n) is 5.64. The van der Waals surface area contributed by atoms with Crippen LogP contribution in [0.15, 0.2) is 23.1 Å². The van der Waals surface area contributed by atoms with E-state index in [1.807, 2.05) is 12.1 Å². The highest BCUT2D eigenvalue weighted by atomic mass is 35.5. The minimum absolute atomic E-state index is 0.269. The molecule has 1 aromatic carbocycles. The monoisotopic (exact) mass is 388 g/mol. The fourth-order valence-corrected chi connectivity index (χ4v) is 5.53. The number of carbonyl (C=O) groups excluding carboxylic acids is 1. The van der Waals surface area contributed by atoms with E-state index in [9.17, 15) is 4.79 Å². The van der Waals surface area contributed by atoms with E-state index in [2.05, 4.69) is 17.9 Å². The molecule has 0 bridgehead atoms. The van der Waals surface area contributed by atoms with Gasteiger partial charge in [-0.1, -0.05) is 17.7 Å². The Balaban J connectivity index is 1.63. The lowest BCUT2D eigenvalue weighted by molar-refractivity contribution is -0.131. The molecule has 2 aromatic rings. The maximum atomic E-state index is 12.8. The molecule has 0 spiro atoms. The molecular formula is C21H25ClN2OS. The smallest absolute Gasteiger partial charge is 0.233 e. The lowest BCUT2D eigenvalue weighted by Crippen LogP contribution is -2.42. The second kappa shape index (κ2) is 7.77. The van der Waals surface area contributed by atoms with E-state index in [4.69, 9.17) is 16.6 Å². The van der Waals surface area contributed by atoms with E-state index >= 15 is 0 Å². The average molecular weight is 389 g/mol. The van der Waals surface area contributed by atoms with Crippen molar-refractivity contribution in [1.82, 2.24) is 9.88 Å². The minimum atomic E-state index is 0.269. The summed E-state index contributed by atoms with van der Waals surface area (Å²) in [4.78, 5) is 21.0. The maximum Gasteiger partial charge on any atom is 0.233 e. The molecule has 1 amide bonds. The quantitative estimate of drug-likeness (QED) is 0.672. The number of fused-ring (bicyclic) bond motifs is 2. The van der Waals surface area contributed by atoms with E-state index in [0.717, 1.165) is 48.2 Å². The zero-order valence-corrected chi connectivity index (χ0v) is 16.8. The van der Waals surface area contributed by atoms with Crippen molar-refractivity contribution in [2.45, 2.75) is 62.8 Å². The van der Waals surface area contributed by atoms with Crippen molar-refractivity contribution in [3.63, 3.8) is 0 Å². The van der Waals surface area contributed by atoms with Gasteiger partial charge in [0.1, 0.15) is 0 Å². The number of aryl methyl sites for hydroxylation is 1. The summed E-state index contributed by atoms with van der Waals surface area (Å²) in [5.74, 6) is 0.782. The van der Waals surface area contributed by atoms with Gasteiger partial charge < -0.3 is 4.90 Å². The van der Waals surface area contributed by atoms with Crippen LogP contribution in [0.25, 0.3) is 10.9 Å². The number of hydrogen-bond acceptors (Lipinski definition) is 3. The average Bonchev–Trinajstić information content (AvgIpc) is 2.65. The number of carbonyl (C=O) groups is 1. The number of hydrogen-bond donors (Lipinski definition) is 0. The number of pyridine rings is 1. The van der Waals surface area contributed by atoms with E-state index in [1.54, 1.807) is 11.8 Å². The molecule has 1 aliphatic heterocycles. The van der Waals surface area contributed by atoms with Crippen LogP contribution in [0, 0.1) is 0 Å². The number of likely N-dealkylation sites (tertiary alicyclic amines) is 1. The predicted octanol–water partition coefficient (Wildman–Crippen LogP) is 5.26. The standard InChI is InChI=1S/C21H25ClN2OS/c1-14-6-4-5-11-24(14)20(25)13-26-21-16-7-2-3-8-18(16)23-19-12-15(22)9-10-17(19)21/h9-10,12,14H,2-8,11,13H2,1H3/t14-/m0/s1. The molecule has 1 saturated heterocycles. The van der Waals surface area contributed by atoms with Gasteiger partial charge >= 0.3 is 0 Å². The Labute approximate surface area is 164 Å². The van der Waals surface area contributed by atoms with Crippen LogP contribution in [0.4, 0.5) is 0 Å². The number of thioether (sulfide) groups is 1. The van der Waals surface area contributed by atoms with Gasteiger partial charge in [0.25, 0.3) is 0 Å². The van der Waals surface area contributed by atoms with Gasteiger partial charge in [-0.3, -0.25) is 9.78 Å². The summed E-state index contributed by atoms with van der Waals surface area (Å²) in [5.41, 5.74) is 3.52. The molecular weight excluding hydrogens is 364 g/mol. The van der Waals surface area contributed by atoms with Crippen molar-refractivity contribution in [3.8, 4) is 0 Å². The molecule has 1 aliphatic carbocycles. The minimum Gasteiger partial charge on any atom is -0.339 e. The first kappa shape index (κ1) is 18.1. The first-order valence-electron chi connectivity index (χ1n) is 9.67. The summed E-state index contributed by atoms with van der Waals surface area (Å²) in [6.45, 7) is 3.08. The topological polar surface area (TPSA) is 33.2 Å². The normalized spacial score (nSPS) is 20.2. The number of amides is 1. The van der Waals surface area contributed by atoms with Crippen LogP contribution < -0.4 is 0 Å². The summed E-state index contributed by atoms with van der Waals surface area (Å²) in [7, 11) is 0. The van der Waals surface area contributed by atoms with E-state index in [1.165, 1.54) is 35.4 Å². The zero-order valence-electron chi connectivity index (χ0n) is 15.3. The Kier molecular flexibility index (Phi) is 5.42. The van der Waals surface area contributed by atoms with Crippen LogP contribution in [-0.2, 0) is 17.6 Å². The summed E-state index contributed by atoms with van der Waals surface area (Å²) in [5, 5.41) is 1.86. The molecule has 5 heteroatoms. The largest absolute Gasteiger partial charge is 0.339 e. The SMILES string of the molecule is C[C@H]1CCCCN1C(=O)CSc1c2c(nc3cc(Cl)ccc13)CCCC2. The molecule has 0 unspecified atom stereocenters. The molecule has 0 saturated carbocycles. The lowest BCUT2D eigenvalue weighted by atomic mass is 9.94. The second-order valence-electron chi connectivity index (χ2n) is 7.46. The highest BCUT2D eigenvalue weighted by Crippen LogP contribution is 2.37.